The number of nitrogens with zero attached hydrogens (tertiary/aromatic N) is 3. The Labute approximate surface area is 194 Å². The number of halogens is 4. The predicted molar refractivity (Wildman–Crippen MR) is 119 cm³/mol. The summed E-state index contributed by atoms with van der Waals surface area (Å²) in [4.78, 5) is 16.4. The van der Waals surface area contributed by atoms with Crippen LogP contribution in [0.4, 0.5) is 19.0 Å². The van der Waals surface area contributed by atoms with Crippen LogP contribution in [0.15, 0.2) is 48.8 Å². The number of hydrogen-bond donors (Lipinski definition) is 2. The number of fused-ring (bicyclic) bond motifs is 1. The largest absolute Gasteiger partial charge is 0.410 e. The molecule has 4 rings (SSSR count). The van der Waals surface area contributed by atoms with Gasteiger partial charge >= 0.3 is 6.18 Å². The molecule has 0 saturated carbocycles. The van der Waals surface area contributed by atoms with Crippen LogP contribution in [0.1, 0.15) is 47.7 Å². The maximum Gasteiger partial charge on any atom is 0.410 e. The second kappa shape index (κ2) is 9.43. The molecule has 0 fully saturated rings. The van der Waals surface area contributed by atoms with E-state index >= 15 is 0 Å². The van der Waals surface area contributed by atoms with E-state index in [4.69, 9.17) is 11.6 Å². The molecule has 6 nitrogen and oxygen atoms in total. The summed E-state index contributed by atoms with van der Waals surface area (Å²) in [7, 11) is 0. The van der Waals surface area contributed by atoms with Gasteiger partial charge in [0.2, 0.25) is 5.91 Å². The summed E-state index contributed by atoms with van der Waals surface area (Å²) in [5.41, 5.74) is 3.04. The summed E-state index contributed by atoms with van der Waals surface area (Å²) in [6.45, 7) is 2.25. The van der Waals surface area contributed by atoms with E-state index in [2.05, 4.69) is 20.7 Å². The van der Waals surface area contributed by atoms with Crippen molar-refractivity contribution in [2.24, 2.45) is 0 Å². The lowest BCUT2D eigenvalue weighted by Crippen LogP contribution is -2.36. The number of alkyl halides is 3. The van der Waals surface area contributed by atoms with Crippen molar-refractivity contribution in [1.29, 1.82) is 0 Å². The molecular formula is C23H23ClF3N5O. The normalized spacial score (nSPS) is 17.8. The first kappa shape index (κ1) is 23.1. The zero-order valence-electron chi connectivity index (χ0n) is 17.9. The lowest BCUT2D eigenvalue weighted by Gasteiger charge is -2.34. The van der Waals surface area contributed by atoms with Gasteiger partial charge in [-0.2, -0.15) is 18.3 Å². The standard InChI is InChI=1S/C23H23ClF3N5O/c1-2-14-3-6-16(7-4-14)18-10-19(23(25,26)27)32-22(31-18)17(13-30-32)9-21(33)29-12-15-5-8-20(24)28-11-15/h3-8,11,13,18-19,31H,2,9-10,12H2,1H3,(H,29,33)/t18-,19+/m1/s1. The highest BCUT2D eigenvalue weighted by atomic mass is 35.5. The molecule has 1 aliphatic heterocycles. The van der Waals surface area contributed by atoms with E-state index in [1.165, 1.54) is 6.20 Å². The lowest BCUT2D eigenvalue weighted by molar-refractivity contribution is -0.173. The van der Waals surface area contributed by atoms with Crippen LogP contribution >= 0.6 is 11.6 Å². The van der Waals surface area contributed by atoms with E-state index in [1.54, 1.807) is 18.3 Å². The van der Waals surface area contributed by atoms with Crippen LogP contribution < -0.4 is 10.6 Å². The number of aryl methyl sites for hydroxylation is 1. The van der Waals surface area contributed by atoms with E-state index in [0.717, 1.165) is 27.8 Å². The second-order valence-corrected chi connectivity index (χ2v) is 8.38. The number of pyridine rings is 1. The van der Waals surface area contributed by atoms with Gasteiger partial charge in [0.05, 0.1) is 18.7 Å². The number of carbonyl (C=O) groups is 1. The van der Waals surface area contributed by atoms with Gasteiger partial charge in [0.25, 0.3) is 0 Å². The smallest absolute Gasteiger partial charge is 0.363 e. The number of anilines is 1. The van der Waals surface area contributed by atoms with Crippen LogP contribution in [0.5, 0.6) is 0 Å². The van der Waals surface area contributed by atoms with Crippen LogP contribution in [0.2, 0.25) is 5.15 Å². The number of aromatic nitrogens is 3. The van der Waals surface area contributed by atoms with Gasteiger partial charge in [0, 0.05) is 24.7 Å². The molecule has 3 heterocycles. The molecule has 0 aliphatic carbocycles. The van der Waals surface area contributed by atoms with Crippen molar-refractivity contribution in [2.45, 2.75) is 51.0 Å². The summed E-state index contributed by atoms with van der Waals surface area (Å²) in [6, 6.07) is 8.57. The molecule has 2 N–H and O–H groups in total. The fraction of sp³-hybridized carbons (Fsp3) is 0.348. The van der Waals surface area contributed by atoms with Gasteiger partial charge in [-0.25, -0.2) is 9.67 Å². The highest BCUT2D eigenvalue weighted by Gasteiger charge is 2.46. The SMILES string of the molecule is CCc1ccc([C@H]2C[C@@H](C(F)(F)F)n3ncc(CC(=O)NCc4ccc(Cl)nc4)c3N2)cc1. The minimum absolute atomic E-state index is 0.102. The van der Waals surface area contributed by atoms with Gasteiger partial charge in [-0.3, -0.25) is 4.79 Å². The van der Waals surface area contributed by atoms with Gasteiger partial charge in [-0.05, 0) is 29.2 Å². The number of carbonyl (C=O) groups excluding carboxylic acids is 1. The highest BCUT2D eigenvalue weighted by Crippen LogP contribution is 2.44. The molecule has 174 valence electrons. The fourth-order valence-corrected chi connectivity index (χ4v) is 4.01. The Bertz CT molecular complexity index is 1110. The van der Waals surface area contributed by atoms with E-state index < -0.39 is 18.3 Å². The third kappa shape index (κ3) is 5.30. The van der Waals surface area contributed by atoms with Crippen LogP contribution in [0.3, 0.4) is 0 Å². The molecule has 1 amide bonds. The molecule has 1 aromatic carbocycles. The third-order valence-corrected chi connectivity index (χ3v) is 5.96. The van der Waals surface area contributed by atoms with Gasteiger partial charge < -0.3 is 10.6 Å². The Balaban J connectivity index is 1.53. The average Bonchev–Trinajstić information content (AvgIpc) is 3.20. The first-order valence-corrected chi connectivity index (χ1v) is 11.0. The van der Waals surface area contributed by atoms with Crippen LogP contribution in [-0.2, 0) is 24.2 Å². The first-order chi connectivity index (χ1) is 15.7. The summed E-state index contributed by atoms with van der Waals surface area (Å²) >= 11 is 5.76. The zero-order valence-corrected chi connectivity index (χ0v) is 18.6. The Kier molecular flexibility index (Phi) is 6.60. The van der Waals surface area contributed by atoms with Crippen molar-refractivity contribution in [3.8, 4) is 0 Å². The zero-order chi connectivity index (χ0) is 23.6. The van der Waals surface area contributed by atoms with Gasteiger partial charge in [-0.1, -0.05) is 48.9 Å². The van der Waals surface area contributed by atoms with Gasteiger partial charge in [0.1, 0.15) is 11.0 Å². The molecular weight excluding hydrogens is 455 g/mol. The minimum Gasteiger partial charge on any atom is -0.363 e. The van der Waals surface area contributed by atoms with Crippen molar-refractivity contribution in [1.82, 2.24) is 20.1 Å². The number of rotatable bonds is 6. The van der Waals surface area contributed by atoms with E-state index in [1.807, 2.05) is 31.2 Å². The molecule has 2 atom stereocenters. The summed E-state index contributed by atoms with van der Waals surface area (Å²) in [5.74, 6) is -0.114. The number of benzene rings is 1. The highest BCUT2D eigenvalue weighted by molar-refractivity contribution is 6.29. The second-order valence-electron chi connectivity index (χ2n) is 7.99. The molecule has 1 aliphatic rings. The molecule has 0 unspecified atom stereocenters. The third-order valence-electron chi connectivity index (χ3n) is 5.73. The van der Waals surface area contributed by atoms with Crippen molar-refractivity contribution >= 4 is 23.3 Å². The van der Waals surface area contributed by atoms with E-state index in [9.17, 15) is 18.0 Å². The molecule has 0 bridgehead atoms. The quantitative estimate of drug-likeness (QED) is 0.489. The average molecular weight is 478 g/mol. The number of amides is 1. The van der Waals surface area contributed by atoms with E-state index in [-0.39, 0.29) is 31.1 Å². The van der Waals surface area contributed by atoms with Crippen LogP contribution in [0, 0.1) is 0 Å². The monoisotopic (exact) mass is 477 g/mol. The first-order valence-electron chi connectivity index (χ1n) is 10.6. The molecule has 0 saturated heterocycles. The number of nitrogens with one attached hydrogen (secondary N) is 2. The van der Waals surface area contributed by atoms with E-state index in [0.29, 0.717) is 10.7 Å². The van der Waals surface area contributed by atoms with Gasteiger partial charge in [-0.15, -0.1) is 0 Å². The summed E-state index contributed by atoms with van der Waals surface area (Å²) < 4.78 is 42.5. The topological polar surface area (TPSA) is 71.8 Å². The maximum absolute atomic E-state index is 13.9. The Morgan fingerprint density at radius 1 is 1.18 bits per heavy atom. The van der Waals surface area contributed by atoms with Crippen molar-refractivity contribution in [3.05, 3.63) is 76.2 Å². The van der Waals surface area contributed by atoms with Crippen molar-refractivity contribution in [3.63, 3.8) is 0 Å². The Morgan fingerprint density at radius 3 is 2.55 bits per heavy atom. The molecule has 33 heavy (non-hydrogen) atoms. The number of hydrogen-bond acceptors (Lipinski definition) is 4. The minimum atomic E-state index is -4.47. The fourth-order valence-electron chi connectivity index (χ4n) is 3.89. The molecule has 10 heteroatoms. The van der Waals surface area contributed by atoms with Crippen molar-refractivity contribution < 1.29 is 18.0 Å². The summed E-state index contributed by atoms with van der Waals surface area (Å²) in [6.07, 6.45) is -1.02. The van der Waals surface area contributed by atoms with Gasteiger partial charge in [0.15, 0.2) is 6.04 Å². The summed E-state index contributed by atoms with van der Waals surface area (Å²) in [5, 5.41) is 10.3. The van der Waals surface area contributed by atoms with Crippen molar-refractivity contribution in [2.75, 3.05) is 5.32 Å². The Morgan fingerprint density at radius 2 is 1.91 bits per heavy atom. The lowest BCUT2D eigenvalue weighted by atomic mass is 9.95. The Hall–Kier alpha value is -3.07. The maximum atomic E-state index is 13.9. The predicted octanol–water partition coefficient (Wildman–Crippen LogP) is 5.01. The molecule has 0 radical (unpaired) electrons. The molecule has 0 spiro atoms. The molecule has 3 aromatic rings. The van der Waals surface area contributed by atoms with Crippen LogP contribution in [0.25, 0.3) is 0 Å². The molecule has 2 aromatic heterocycles. The van der Waals surface area contributed by atoms with Crippen LogP contribution in [-0.4, -0.2) is 26.8 Å².